The van der Waals surface area contributed by atoms with Crippen LogP contribution in [0.25, 0.3) is 0 Å². The molecule has 0 atom stereocenters. The number of carbonyl (C=O) groups excluding carboxylic acids is 1. The maximum absolute atomic E-state index is 11.7. The number of aliphatic imine (C=N–C) groups is 1. The molecule has 0 bridgehead atoms. The monoisotopic (exact) mass is 478 g/mol. The first kappa shape index (κ1) is 21.9. The van der Waals surface area contributed by atoms with Gasteiger partial charge in [-0.1, -0.05) is 18.2 Å². The number of hydrogen-bond donors (Lipinski definition) is 2. The number of guanidine groups is 1. The Morgan fingerprint density at radius 3 is 2.68 bits per heavy atom. The van der Waals surface area contributed by atoms with E-state index in [1.54, 1.807) is 16.7 Å². The van der Waals surface area contributed by atoms with Gasteiger partial charge < -0.3 is 20.7 Å². The number of likely N-dealkylation sites (tertiary alicyclic amines) is 1. The van der Waals surface area contributed by atoms with Crippen molar-refractivity contribution in [1.29, 1.82) is 0 Å². The van der Waals surface area contributed by atoms with Crippen molar-refractivity contribution in [2.75, 3.05) is 32.0 Å². The van der Waals surface area contributed by atoms with E-state index in [2.05, 4.69) is 22.4 Å². The van der Waals surface area contributed by atoms with Crippen LogP contribution in [-0.4, -0.2) is 55.0 Å². The molecule has 0 radical (unpaired) electrons. The minimum absolute atomic E-state index is 0. The van der Waals surface area contributed by atoms with Crippen LogP contribution in [0.3, 0.4) is 0 Å². The standard InChI is InChI=1S/C17H26N4O2S.HI/c1-2-23-17(22)21-11-8-14(9-12-21)20-16(18)19-10-13-24-15-6-4-3-5-7-15;/h3-7,14H,2,8-13H2,1H3,(H3,18,19,20);1H. The molecule has 1 fully saturated rings. The van der Waals surface area contributed by atoms with Gasteiger partial charge in [0.15, 0.2) is 5.96 Å². The molecule has 1 aromatic rings. The predicted molar refractivity (Wildman–Crippen MR) is 114 cm³/mol. The fraction of sp³-hybridized carbons (Fsp3) is 0.529. The van der Waals surface area contributed by atoms with Crippen molar-refractivity contribution in [2.24, 2.45) is 10.7 Å². The molecule has 1 saturated heterocycles. The van der Waals surface area contributed by atoms with Gasteiger partial charge in [0.2, 0.25) is 0 Å². The molecule has 1 aromatic carbocycles. The van der Waals surface area contributed by atoms with Gasteiger partial charge in [-0.05, 0) is 31.9 Å². The van der Waals surface area contributed by atoms with E-state index in [0.717, 1.165) is 18.6 Å². The molecule has 3 N–H and O–H groups in total. The first-order valence-corrected chi connectivity index (χ1v) is 9.33. The van der Waals surface area contributed by atoms with Crippen molar-refractivity contribution < 1.29 is 9.53 Å². The second-order valence-electron chi connectivity index (χ2n) is 5.53. The van der Waals surface area contributed by atoms with Gasteiger partial charge in [-0.2, -0.15) is 0 Å². The minimum atomic E-state index is -0.226. The third-order valence-electron chi connectivity index (χ3n) is 3.76. The molecule has 0 unspecified atom stereocenters. The Morgan fingerprint density at radius 2 is 2.04 bits per heavy atom. The normalized spacial score (nSPS) is 15.4. The molecule has 8 heteroatoms. The van der Waals surface area contributed by atoms with Crippen LogP contribution in [0.1, 0.15) is 19.8 Å². The Morgan fingerprint density at radius 1 is 1.36 bits per heavy atom. The summed E-state index contributed by atoms with van der Waals surface area (Å²) in [6, 6.07) is 10.5. The van der Waals surface area contributed by atoms with Crippen LogP contribution >= 0.6 is 35.7 Å². The molecule has 6 nitrogen and oxygen atoms in total. The Labute approximate surface area is 171 Å². The molecule has 0 aliphatic carbocycles. The highest BCUT2D eigenvalue weighted by molar-refractivity contribution is 14.0. The van der Waals surface area contributed by atoms with E-state index in [0.29, 0.717) is 32.2 Å². The Bertz CT molecular complexity index is 537. The molecule has 1 aliphatic rings. The average molecular weight is 478 g/mol. The van der Waals surface area contributed by atoms with Crippen LogP contribution in [0, 0.1) is 0 Å². The summed E-state index contributed by atoms with van der Waals surface area (Å²) in [7, 11) is 0. The van der Waals surface area contributed by atoms with Gasteiger partial charge in [0.05, 0.1) is 13.2 Å². The Hall–Kier alpha value is -1.16. The molecule has 1 amide bonds. The lowest BCUT2D eigenvalue weighted by Gasteiger charge is -2.31. The number of nitrogens with two attached hydrogens (primary N) is 1. The lowest BCUT2D eigenvalue weighted by Crippen LogP contribution is -2.48. The highest BCUT2D eigenvalue weighted by Crippen LogP contribution is 2.16. The van der Waals surface area contributed by atoms with E-state index in [1.807, 2.05) is 25.1 Å². The van der Waals surface area contributed by atoms with E-state index in [-0.39, 0.29) is 36.1 Å². The summed E-state index contributed by atoms with van der Waals surface area (Å²) < 4.78 is 5.02. The Balaban J connectivity index is 0.00000312. The number of halogens is 1. The average Bonchev–Trinajstić information content (AvgIpc) is 2.60. The van der Waals surface area contributed by atoms with Crippen molar-refractivity contribution in [3.05, 3.63) is 30.3 Å². The van der Waals surface area contributed by atoms with E-state index in [4.69, 9.17) is 10.5 Å². The van der Waals surface area contributed by atoms with Crippen molar-refractivity contribution in [1.82, 2.24) is 10.2 Å². The van der Waals surface area contributed by atoms with Gasteiger partial charge in [-0.15, -0.1) is 35.7 Å². The molecule has 2 rings (SSSR count). The number of amides is 1. The topological polar surface area (TPSA) is 80.0 Å². The van der Waals surface area contributed by atoms with Crippen molar-refractivity contribution in [3.63, 3.8) is 0 Å². The van der Waals surface area contributed by atoms with E-state index >= 15 is 0 Å². The zero-order valence-corrected chi connectivity index (χ0v) is 17.7. The zero-order valence-electron chi connectivity index (χ0n) is 14.5. The summed E-state index contributed by atoms with van der Waals surface area (Å²) in [6.45, 7) is 4.29. The van der Waals surface area contributed by atoms with Gasteiger partial charge in [-0.25, -0.2) is 4.79 Å². The summed E-state index contributed by atoms with van der Waals surface area (Å²) in [5.41, 5.74) is 5.95. The van der Waals surface area contributed by atoms with Crippen molar-refractivity contribution >= 4 is 47.8 Å². The number of ether oxygens (including phenoxy) is 1. The van der Waals surface area contributed by atoms with Crippen LogP contribution < -0.4 is 11.1 Å². The van der Waals surface area contributed by atoms with Gasteiger partial charge in [-0.3, -0.25) is 4.99 Å². The fourth-order valence-electron chi connectivity index (χ4n) is 2.52. The largest absolute Gasteiger partial charge is 0.450 e. The highest BCUT2D eigenvalue weighted by Gasteiger charge is 2.23. The maximum atomic E-state index is 11.7. The predicted octanol–water partition coefficient (Wildman–Crippen LogP) is 2.92. The first-order valence-electron chi connectivity index (χ1n) is 8.35. The molecule has 0 aromatic heterocycles. The summed E-state index contributed by atoms with van der Waals surface area (Å²) in [5, 5.41) is 3.25. The van der Waals surface area contributed by atoms with E-state index in [9.17, 15) is 4.79 Å². The molecular weight excluding hydrogens is 451 g/mol. The molecule has 1 aliphatic heterocycles. The number of nitrogens with one attached hydrogen (secondary N) is 1. The van der Waals surface area contributed by atoms with Gasteiger partial charge in [0, 0.05) is 29.8 Å². The second kappa shape index (κ2) is 12.2. The lowest BCUT2D eigenvalue weighted by atomic mass is 10.1. The Kier molecular flexibility index (Phi) is 10.7. The summed E-state index contributed by atoms with van der Waals surface area (Å²) in [4.78, 5) is 19.0. The SMILES string of the molecule is CCOC(=O)N1CCC(NC(N)=NCCSc2ccccc2)CC1.I. The van der Waals surface area contributed by atoms with Gasteiger partial charge >= 0.3 is 6.09 Å². The summed E-state index contributed by atoms with van der Waals surface area (Å²) >= 11 is 1.77. The van der Waals surface area contributed by atoms with Crippen LogP contribution in [-0.2, 0) is 4.74 Å². The number of nitrogens with zero attached hydrogens (tertiary/aromatic N) is 2. The van der Waals surface area contributed by atoms with Crippen molar-refractivity contribution in [2.45, 2.75) is 30.7 Å². The second-order valence-corrected chi connectivity index (χ2v) is 6.70. The summed E-state index contributed by atoms with van der Waals surface area (Å²) in [5.74, 6) is 1.38. The maximum Gasteiger partial charge on any atom is 0.409 e. The van der Waals surface area contributed by atoms with E-state index < -0.39 is 0 Å². The number of benzene rings is 1. The van der Waals surface area contributed by atoms with Crippen molar-refractivity contribution in [3.8, 4) is 0 Å². The lowest BCUT2D eigenvalue weighted by molar-refractivity contribution is 0.0963. The zero-order chi connectivity index (χ0) is 17.2. The number of carbonyl (C=O) groups is 1. The third kappa shape index (κ3) is 8.17. The summed E-state index contributed by atoms with van der Waals surface area (Å²) in [6.07, 6.45) is 1.48. The molecule has 1 heterocycles. The van der Waals surface area contributed by atoms with Crippen LogP contribution in [0.2, 0.25) is 0 Å². The van der Waals surface area contributed by atoms with E-state index in [1.165, 1.54) is 4.90 Å². The number of hydrogen-bond acceptors (Lipinski definition) is 4. The van der Waals surface area contributed by atoms with Crippen LogP contribution in [0.15, 0.2) is 40.2 Å². The number of piperidine rings is 1. The molecule has 140 valence electrons. The quantitative estimate of drug-likeness (QED) is 0.216. The van der Waals surface area contributed by atoms with Gasteiger partial charge in [0.1, 0.15) is 0 Å². The highest BCUT2D eigenvalue weighted by atomic mass is 127. The molecular formula is C17H27IN4O2S. The third-order valence-corrected chi connectivity index (χ3v) is 4.75. The van der Waals surface area contributed by atoms with Gasteiger partial charge in [0.25, 0.3) is 0 Å². The first-order chi connectivity index (χ1) is 11.7. The molecule has 0 spiro atoms. The number of thioether (sulfide) groups is 1. The van der Waals surface area contributed by atoms with Crippen LogP contribution in [0.5, 0.6) is 0 Å². The fourth-order valence-corrected chi connectivity index (χ4v) is 3.29. The molecule has 0 saturated carbocycles. The van der Waals surface area contributed by atoms with Crippen LogP contribution in [0.4, 0.5) is 4.79 Å². The molecule has 25 heavy (non-hydrogen) atoms. The number of rotatable bonds is 6. The smallest absolute Gasteiger partial charge is 0.409 e. The minimum Gasteiger partial charge on any atom is -0.450 e.